The number of imide groups is 1. The largest absolute Gasteiger partial charge is 0.508 e. The summed E-state index contributed by atoms with van der Waals surface area (Å²) in [5.41, 5.74) is 2.80. The highest BCUT2D eigenvalue weighted by molar-refractivity contribution is 6.07. The number of hydrogen-bond donors (Lipinski definition) is 3. The number of nitrogens with one attached hydrogen (secondary N) is 2. The smallest absolute Gasteiger partial charge is 0.322 e. The van der Waals surface area contributed by atoms with Crippen molar-refractivity contribution < 1.29 is 14.7 Å². The second-order valence-corrected chi connectivity index (χ2v) is 8.07. The molecule has 2 heterocycles. The Morgan fingerprint density at radius 2 is 1.94 bits per heavy atom. The Bertz CT molecular complexity index is 1130. The van der Waals surface area contributed by atoms with Crippen molar-refractivity contribution in [2.24, 2.45) is 0 Å². The molecule has 2 aromatic rings. The minimum atomic E-state index is -1.25. The van der Waals surface area contributed by atoms with Gasteiger partial charge in [0.1, 0.15) is 5.75 Å². The van der Waals surface area contributed by atoms with E-state index in [0.29, 0.717) is 24.4 Å². The van der Waals surface area contributed by atoms with E-state index in [2.05, 4.69) is 29.1 Å². The van der Waals surface area contributed by atoms with Gasteiger partial charge in [-0.25, -0.2) is 4.79 Å². The van der Waals surface area contributed by atoms with Crippen LogP contribution in [0.4, 0.5) is 4.79 Å². The fourth-order valence-corrected chi connectivity index (χ4v) is 3.92. The lowest BCUT2D eigenvalue weighted by molar-refractivity contribution is -0.124. The molecule has 0 saturated carbocycles. The summed E-state index contributed by atoms with van der Waals surface area (Å²) in [5, 5.41) is 15.0. The molecule has 0 radical (unpaired) electrons. The van der Waals surface area contributed by atoms with E-state index in [1.165, 1.54) is 0 Å². The zero-order valence-corrected chi connectivity index (χ0v) is 17.5. The Hall–Kier alpha value is -3.76. The second-order valence-electron chi connectivity index (χ2n) is 8.07. The number of fused-ring (bicyclic) bond motifs is 1. The van der Waals surface area contributed by atoms with E-state index in [1.54, 1.807) is 12.1 Å². The van der Waals surface area contributed by atoms with Crippen LogP contribution in [0.3, 0.4) is 0 Å². The molecule has 0 spiro atoms. The molecule has 3 amide bonds. The van der Waals surface area contributed by atoms with Crippen molar-refractivity contribution in [3.05, 3.63) is 71.3 Å². The van der Waals surface area contributed by atoms with Crippen molar-refractivity contribution in [3.63, 3.8) is 0 Å². The summed E-state index contributed by atoms with van der Waals surface area (Å²) in [7, 11) is 3.91. The van der Waals surface area contributed by atoms with Crippen molar-refractivity contribution in [2.45, 2.75) is 12.1 Å². The van der Waals surface area contributed by atoms with Gasteiger partial charge in [0.15, 0.2) is 5.54 Å². The van der Waals surface area contributed by atoms with Crippen LogP contribution in [0, 0.1) is 11.8 Å². The Balaban J connectivity index is 1.63. The maximum Gasteiger partial charge on any atom is 0.322 e. The van der Waals surface area contributed by atoms with E-state index in [-0.39, 0.29) is 12.3 Å². The van der Waals surface area contributed by atoms with Crippen LogP contribution in [0.25, 0.3) is 5.70 Å². The number of hydrogen-bond acceptors (Lipinski definition) is 5. The summed E-state index contributed by atoms with van der Waals surface area (Å²) in [5.74, 6) is 5.93. The lowest BCUT2D eigenvalue weighted by Crippen LogP contribution is -2.51. The fraction of sp³-hybridized carbons (Fsp3) is 0.250. The number of urea groups is 1. The highest BCUT2D eigenvalue weighted by Gasteiger charge is 2.49. The molecule has 1 saturated heterocycles. The van der Waals surface area contributed by atoms with E-state index in [1.807, 2.05) is 54.2 Å². The van der Waals surface area contributed by atoms with Gasteiger partial charge in [-0.05, 0) is 49.5 Å². The summed E-state index contributed by atoms with van der Waals surface area (Å²) < 4.78 is 0. The third-order valence-corrected chi connectivity index (χ3v) is 5.52. The zero-order chi connectivity index (χ0) is 22.2. The van der Waals surface area contributed by atoms with Gasteiger partial charge in [-0.15, -0.1) is 0 Å². The summed E-state index contributed by atoms with van der Waals surface area (Å²) in [6.07, 6.45) is 0. The number of nitrogens with zero attached hydrogens (tertiary/aromatic N) is 2. The number of aromatic hydroxyl groups is 1. The standard InChI is InChI=1S/C24H24N4O3/c1-16-21-13-20(29)11-8-18(21)14-28(16)15-24(22(30)25-23(31)26-24)19-9-6-17(7-10-19)5-4-12-27(2)3/h6-11,13,29H,1,12,14-15H2,2-3H3,(H2,25,26,30,31)/t24-/m0/s1. The Kier molecular flexibility index (Phi) is 5.17. The lowest BCUT2D eigenvalue weighted by atomic mass is 9.88. The number of carbonyl (C=O) groups is 2. The van der Waals surface area contributed by atoms with Crippen molar-refractivity contribution in [2.75, 3.05) is 27.2 Å². The minimum Gasteiger partial charge on any atom is -0.508 e. The van der Waals surface area contributed by atoms with Gasteiger partial charge in [0, 0.05) is 23.4 Å². The maximum atomic E-state index is 12.9. The van der Waals surface area contributed by atoms with Crippen LogP contribution in [0.2, 0.25) is 0 Å². The van der Waals surface area contributed by atoms with Crippen LogP contribution < -0.4 is 10.6 Å². The lowest BCUT2D eigenvalue weighted by Gasteiger charge is -2.33. The van der Waals surface area contributed by atoms with Gasteiger partial charge in [-0.1, -0.05) is 36.6 Å². The monoisotopic (exact) mass is 416 g/mol. The molecule has 2 aliphatic rings. The van der Waals surface area contributed by atoms with Gasteiger partial charge < -0.3 is 15.3 Å². The number of phenolic OH excluding ortho intramolecular Hbond substituents is 1. The van der Waals surface area contributed by atoms with Crippen LogP contribution in [-0.2, 0) is 16.9 Å². The van der Waals surface area contributed by atoms with E-state index < -0.39 is 17.5 Å². The summed E-state index contributed by atoms with van der Waals surface area (Å²) in [4.78, 5) is 29.0. The molecule has 0 aromatic heterocycles. The molecule has 31 heavy (non-hydrogen) atoms. The van der Waals surface area contributed by atoms with Crippen LogP contribution in [0.5, 0.6) is 5.75 Å². The average molecular weight is 416 g/mol. The van der Waals surface area contributed by atoms with Crippen molar-refractivity contribution in [3.8, 4) is 17.6 Å². The third-order valence-electron chi connectivity index (χ3n) is 5.52. The molecule has 3 N–H and O–H groups in total. The zero-order valence-electron chi connectivity index (χ0n) is 17.5. The molecule has 1 atom stereocenters. The first kappa shape index (κ1) is 20.5. The van der Waals surface area contributed by atoms with Crippen LogP contribution >= 0.6 is 0 Å². The first-order valence-electron chi connectivity index (χ1n) is 9.92. The quantitative estimate of drug-likeness (QED) is 0.523. The summed E-state index contributed by atoms with van der Waals surface area (Å²) in [6.45, 7) is 5.54. The molecule has 7 heteroatoms. The molecule has 2 aliphatic heterocycles. The Morgan fingerprint density at radius 1 is 1.19 bits per heavy atom. The number of benzene rings is 2. The van der Waals surface area contributed by atoms with E-state index in [9.17, 15) is 14.7 Å². The van der Waals surface area contributed by atoms with Crippen molar-refractivity contribution >= 4 is 17.6 Å². The normalized spacial score (nSPS) is 19.7. The van der Waals surface area contributed by atoms with Gasteiger partial charge >= 0.3 is 6.03 Å². The van der Waals surface area contributed by atoms with Crippen LogP contribution in [0.15, 0.2) is 49.0 Å². The van der Waals surface area contributed by atoms with E-state index in [4.69, 9.17) is 0 Å². The molecule has 0 aliphatic carbocycles. The van der Waals surface area contributed by atoms with Gasteiger partial charge in [0.2, 0.25) is 0 Å². The van der Waals surface area contributed by atoms with E-state index >= 15 is 0 Å². The molecule has 7 nitrogen and oxygen atoms in total. The average Bonchev–Trinajstić information content (AvgIpc) is 3.18. The number of phenols is 1. The molecule has 2 aromatic carbocycles. The summed E-state index contributed by atoms with van der Waals surface area (Å²) in [6, 6.07) is 12.0. The fourth-order valence-electron chi connectivity index (χ4n) is 3.92. The van der Waals surface area contributed by atoms with E-state index in [0.717, 1.165) is 16.7 Å². The maximum absolute atomic E-state index is 12.9. The Morgan fingerprint density at radius 3 is 2.58 bits per heavy atom. The molecule has 0 bridgehead atoms. The van der Waals surface area contributed by atoms with Gasteiger partial charge in [-0.3, -0.25) is 15.0 Å². The van der Waals surface area contributed by atoms with Crippen LogP contribution in [-0.4, -0.2) is 54.0 Å². The van der Waals surface area contributed by atoms with Crippen LogP contribution in [0.1, 0.15) is 22.3 Å². The second kappa shape index (κ2) is 7.82. The van der Waals surface area contributed by atoms with Crippen molar-refractivity contribution in [1.82, 2.24) is 20.4 Å². The molecule has 1 fully saturated rings. The predicted molar refractivity (Wildman–Crippen MR) is 118 cm³/mol. The first-order valence-corrected chi connectivity index (χ1v) is 9.92. The molecule has 158 valence electrons. The summed E-state index contributed by atoms with van der Waals surface area (Å²) >= 11 is 0. The highest BCUT2D eigenvalue weighted by atomic mass is 16.3. The third kappa shape index (κ3) is 3.86. The molecular formula is C24H24N4O3. The number of amides is 3. The topological polar surface area (TPSA) is 84.9 Å². The highest BCUT2D eigenvalue weighted by Crippen LogP contribution is 2.37. The predicted octanol–water partition coefficient (Wildman–Crippen LogP) is 1.83. The van der Waals surface area contributed by atoms with Gasteiger partial charge in [0.25, 0.3) is 5.91 Å². The SMILES string of the molecule is C=C1c2cc(O)ccc2CN1C[C@@]1(c2ccc(C#CCN(C)C)cc2)NC(=O)NC1=O. The Labute approximate surface area is 181 Å². The van der Waals surface area contributed by atoms with Crippen molar-refractivity contribution in [1.29, 1.82) is 0 Å². The van der Waals surface area contributed by atoms with Gasteiger partial charge in [0.05, 0.1) is 13.1 Å². The number of rotatable bonds is 4. The molecular weight excluding hydrogens is 392 g/mol. The minimum absolute atomic E-state index is 0.161. The number of carbonyl (C=O) groups excluding carboxylic acids is 2. The first-order chi connectivity index (χ1) is 14.8. The van der Waals surface area contributed by atoms with Gasteiger partial charge in [-0.2, -0.15) is 0 Å². The molecule has 0 unspecified atom stereocenters. The molecule has 4 rings (SSSR count).